The van der Waals surface area contributed by atoms with Crippen LogP contribution in [0.3, 0.4) is 0 Å². The fourth-order valence-electron chi connectivity index (χ4n) is 2.83. The van der Waals surface area contributed by atoms with Crippen LogP contribution < -0.4 is 5.73 Å². The summed E-state index contributed by atoms with van der Waals surface area (Å²) in [4.78, 5) is 0. The topological polar surface area (TPSA) is 35.2 Å². The first-order valence-electron chi connectivity index (χ1n) is 6.35. The van der Waals surface area contributed by atoms with Crippen molar-refractivity contribution >= 4 is 23.2 Å². The molecule has 2 nitrogen and oxygen atoms in total. The van der Waals surface area contributed by atoms with E-state index in [-0.39, 0.29) is 11.6 Å². The Bertz CT molecular complexity index is 416. The zero-order valence-electron chi connectivity index (χ0n) is 10.6. The normalized spacial score (nSPS) is 20.7. The molecule has 1 aromatic rings. The summed E-state index contributed by atoms with van der Waals surface area (Å²) < 4.78 is 5.76. The fraction of sp³-hybridized carbons (Fsp3) is 0.571. The monoisotopic (exact) mass is 287 g/mol. The fourth-order valence-corrected chi connectivity index (χ4v) is 3.36. The van der Waals surface area contributed by atoms with Crippen LogP contribution in [0.2, 0.25) is 10.0 Å². The smallest absolute Gasteiger partial charge is 0.0870 e. The van der Waals surface area contributed by atoms with E-state index in [0.29, 0.717) is 10.0 Å². The molecule has 1 unspecified atom stereocenters. The van der Waals surface area contributed by atoms with E-state index in [9.17, 15) is 0 Å². The van der Waals surface area contributed by atoms with E-state index < -0.39 is 0 Å². The van der Waals surface area contributed by atoms with Crippen molar-refractivity contribution in [2.45, 2.75) is 43.7 Å². The average Bonchev–Trinajstić information content (AvgIpc) is 2.39. The number of rotatable bonds is 3. The van der Waals surface area contributed by atoms with Crippen LogP contribution in [0.4, 0.5) is 0 Å². The van der Waals surface area contributed by atoms with Gasteiger partial charge in [0.1, 0.15) is 0 Å². The molecule has 1 atom stereocenters. The minimum Gasteiger partial charge on any atom is -0.376 e. The molecule has 1 aliphatic carbocycles. The maximum Gasteiger partial charge on any atom is 0.0870 e. The van der Waals surface area contributed by atoms with E-state index in [4.69, 9.17) is 33.7 Å². The number of ether oxygens (including phenoxy) is 1. The number of benzene rings is 1. The lowest BCUT2D eigenvalue weighted by molar-refractivity contribution is -0.0595. The summed E-state index contributed by atoms with van der Waals surface area (Å²) in [6, 6.07) is 5.27. The van der Waals surface area contributed by atoms with E-state index in [1.54, 1.807) is 13.2 Å². The zero-order valence-corrected chi connectivity index (χ0v) is 12.1. The Labute approximate surface area is 118 Å². The molecule has 0 saturated heterocycles. The highest BCUT2D eigenvalue weighted by Gasteiger charge is 2.39. The molecule has 0 amide bonds. The van der Waals surface area contributed by atoms with Crippen molar-refractivity contribution in [2.75, 3.05) is 7.11 Å². The first-order chi connectivity index (χ1) is 8.59. The number of hydrogen-bond acceptors (Lipinski definition) is 2. The summed E-state index contributed by atoms with van der Waals surface area (Å²) in [6.45, 7) is 0. The molecule has 0 spiro atoms. The summed E-state index contributed by atoms with van der Waals surface area (Å²) in [5.41, 5.74) is 7.05. The maximum absolute atomic E-state index is 6.41. The molecule has 1 saturated carbocycles. The van der Waals surface area contributed by atoms with E-state index in [1.807, 2.05) is 12.1 Å². The van der Waals surface area contributed by atoms with Crippen LogP contribution in [0.1, 0.15) is 43.7 Å². The largest absolute Gasteiger partial charge is 0.376 e. The average molecular weight is 288 g/mol. The van der Waals surface area contributed by atoms with Crippen LogP contribution in [0.15, 0.2) is 18.2 Å². The Kier molecular flexibility index (Phi) is 4.54. The van der Waals surface area contributed by atoms with Gasteiger partial charge in [0.2, 0.25) is 0 Å². The van der Waals surface area contributed by atoms with Crippen LogP contribution in [0.25, 0.3) is 0 Å². The van der Waals surface area contributed by atoms with Gasteiger partial charge >= 0.3 is 0 Å². The molecule has 1 aromatic carbocycles. The highest BCUT2D eigenvalue weighted by Crippen LogP contribution is 2.41. The highest BCUT2D eigenvalue weighted by atomic mass is 35.5. The van der Waals surface area contributed by atoms with E-state index in [0.717, 1.165) is 31.2 Å². The summed E-state index contributed by atoms with van der Waals surface area (Å²) in [7, 11) is 1.75. The molecule has 1 fully saturated rings. The van der Waals surface area contributed by atoms with Gasteiger partial charge in [0.25, 0.3) is 0 Å². The second-order valence-corrected chi connectivity index (χ2v) is 5.82. The van der Waals surface area contributed by atoms with E-state index in [1.165, 1.54) is 6.42 Å². The molecule has 0 bridgehead atoms. The quantitative estimate of drug-likeness (QED) is 0.897. The minimum atomic E-state index is -0.282. The zero-order chi connectivity index (χ0) is 13.2. The molecule has 0 aromatic heterocycles. The maximum atomic E-state index is 6.41. The van der Waals surface area contributed by atoms with Crippen LogP contribution in [0.5, 0.6) is 0 Å². The lowest BCUT2D eigenvalue weighted by atomic mass is 9.77. The van der Waals surface area contributed by atoms with Crippen molar-refractivity contribution in [3.8, 4) is 0 Å². The van der Waals surface area contributed by atoms with E-state index in [2.05, 4.69) is 0 Å². The van der Waals surface area contributed by atoms with Gasteiger partial charge in [-0.2, -0.15) is 0 Å². The predicted molar refractivity (Wildman–Crippen MR) is 76.2 cm³/mol. The summed E-state index contributed by atoms with van der Waals surface area (Å²) >= 11 is 12.2. The molecule has 2 N–H and O–H groups in total. The lowest BCUT2D eigenvalue weighted by Crippen LogP contribution is -2.44. The van der Waals surface area contributed by atoms with Crippen molar-refractivity contribution in [3.05, 3.63) is 33.8 Å². The van der Waals surface area contributed by atoms with Gasteiger partial charge in [0, 0.05) is 17.2 Å². The van der Waals surface area contributed by atoms with Crippen molar-refractivity contribution in [1.29, 1.82) is 0 Å². The van der Waals surface area contributed by atoms with Crippen molar-refractivity contribution in [1.82, 2.24) is 0 Å². The standard InChI is InChI=1S/C14H19Cl2NO/c1-18-14(7-3-2-4-8-14)13(17)11-6-5-10(15)9-12(11)16/h5-6,9,13H,2-4,7-8,17H2,1H3. The summed E-state index contributed by atoms with van der Waals surface area (Å²) in [5.74, 6) is 0. The van der Waals surface area contributed by atoms with Gasteiger partial charge in [-0.05, 0) is 30.5 Å². The Hall–Kier alpha value is -0.280. The predicted octanol–water partition coefficient (Wildman–Crippen LogP) is 4.34. The van der Waals surface area contributed by atoms with Crippen LogP contribution in [-0.4, -0.2) is 12.7 Å². The Morgan fingerprint density at radius 2 is 1.89 bits per heavy atom. The van der Waals surface area contributed by atoms with Crippen molar-refractivity contribution < 1.29 is 4.74 Å². The second kappa shape index (κ2) is 5.79. The Morgan fingerprint density at radius 3 is 2.44 bits per heavy atom. The third kappa shape index (κ3) is 2.67. The van der Waals surface area contributed by atoms with Crippen LogP contribution in [-0.2, 0) is 4.74 Å². The van der Waals surface area contributed by atoms with Crippen molar-refractivity contribution in [3.63, 3.8) is 0 Å². The first kappa shape index (κ1) is 14.1. The second-order valence-electron chi connectivity index (χ2n) is 4.97. The van der Waals surface area contributed by atoms with Gasteiger partial charge in [-0.1, -0.05) is 48.5 Å². The summed E-state index contributed by atoms with van der Waals surface area (Å²) in [5, 5.41) is 1.25. The third-order valence-corrected chi connectivity index (χ3v) is 4.53. The summed E-state index contributed by atoms with van der Waals surface area (Å²) in [6.07, 6.45) is 5.55. The lowest BCUT2D eigenvalue weighted by Gasteiger charge is -2.41. The van der Waals surface area contributed by atoms with Gasteiger partial charge in [-0.15, -0.1) is 0 Å². The number of halogens is 2. The van der Waals surface area contributed by atoms with Gasteiger partial charge in [0.05, 0.1) is 11.6 Å². The minimum absolute atomic E-state index is 0.201. The molecule has 0 heterocycles. The Morgan fingerprint density at radius 1 is 1.22 bits per heavy atom. The molecular formula is C14H19Cl2NO. The number of nitrogens with two attached hydrogens (primary N) is 1. The molecule has 2 rings (SSSR count). The van der Waals surface area contributed by atoms with Crippen molar-refractivity contribution in [2.24, 2.45) is 5.73 Å². The van der Waals surface area contributed by atoms with E-state index >= 15 is 0 Å². The highest BCUT2D eigenvalue weighted by molar-refractivity contribution is 6.35. The number of hydrogen-bond donors (Lipinski definition) is 1. The first-order valence-corrected chi connectivity index (χ1v) is 7.10. The molecule has 1 aliphatic rings. The molecule has 18 heavy (non-hydrogen) atoms. The van der Waals surface area contributed by atoms with Gasteiger partial charge < -0.3 is 10.5 Å². The Balaban J connectivity index is 2.30. The van der Waals surface area contributed by atoms with Gasteiger partial charge in [-0.3, -0.25) is 0 Å². The third-order valence-electron chi connectivity index (χ3n) is 3.97. The SMILES string of the molecule is COC1(C(N)c2ccc(Cl)cc2Cl)CCCCC1. The molecule has 100 valence electrons. The van der Waals surface area contributed by atoms with Crippen LogP contribution >= 0.6 is 23.2 Å². The van der Waals surface area contributed by atoms with Gasteiger partial charge in [0.15, 0.2) is 0 Å². The van der Waals surface area contributed by atoms with Crippen LogP contribution in [0, 0.1) is 0 Å². The molecular weight excluding hydrogens is 269 g/mol. The molecule has 4 heteroatoms. The van der Waals surface area contributed by atoms with Gasteiger partial charge in [-0.25, -0.2) is 0 Å². The number of methoxy groups -OCH3 is 1. The molecule has 0 radical (unpaired) electrons. The molecule has 0 aliphatic heterocycles.